The van der Waals surface area contributed by atoms with Crippen LogP contribution in [0.1, 0.15) is 21.5 Å². The molecule has 0 fully saturated rings. The minimum absolute atomic E-state index is 0.364. The number of benzene rings is 2. The van der Waals surface area contributed by atoms with Crippen molar-refractivity contribution in [2.75, 3.05) is 11.5 Å². The molecular weight excluding hydrogens is 226 g/mol. The van der Waals surface area contributed by atoms with Crippen LogP contribution in [0.25, 0.3) is 0 Å². The summed E-state index contributed by atoms with van der Waals surface area (Å²) in [6.07, 6.45) is 0.709. The molecule has 0 aromatic heterocycles. The molecule has 0 spiro atoms. The van der Waals surface area contributed by atoms with E-state index in [9.17, 15) is 4.79 Å². The highest BCUT2D eigenvalue weighted by Crippen LogP contribution is 2.17. The number of amides is 1. The van der Waals surface area contributed by atoms with Gasteiger partial charge >= 0.3 is 0 Å². The number of hydrogen-bond donors (Lipinski definition) is 3. The Morgan fingerprint density at radius 2 is 1.56 bits per heavy atom. The van der Waals surface area contributed by atoms with Crippen molar-refractivity contribution in [3.63, 3.8) is 0 Å². The Labute approximate surface area is 105 Å². The van der Waals surface area contributed by atoms with Crippen molar-refractivity contribution in [3.8, 4) is 0 Å². The monoisotopic (exact) mass is 241 g/mol. The summed E-state index contributed by atoms with van der Waals surface area (Å²) in [6, 6.07) is 12.9. The maximum absolute atomic E-state index is 11.2. The predicted octanol–water partition coefficient (Wildman–Crippen LogP) is 1.54. The molecule has 4 nitrogen and oxygen atoms in total. The molecule has 1 amide bonds. The highest BCUT2D eigenvalue weighted by atomic mass is 16.1. The number of carbonyl (C=O) groups is 1. The van der Waals surface area contributed by atoms with Gasteiger partial charge in [-0.3, -0.25) is 4.79 Å². The van der Waals surface area contributed by atoms with Crippen LogP contribution < -0.4 is 17.2 Å². The van der Waals surface area contributed by atoms with E-state index in [0.29, 0.717) is 17.7 Å². The summed E-state index contributed by atoms with van der Waals surface area (Å²) in [6.45, 7) is 0. The largest absolute Gasteiger partial charge is 0.399 e. The molecule has 0 heterocycles. The fourth-order valence-corrected chi connectivity index (χ4v) is 1.80. The van der Waals surface area contributed by atoms with Crippen LogP contribution in [0.2, 0.25) is 0 Å². The van der Waals surface area contributed by atoms with Crippen LogP contribution in [0.5, 0.6) is 0 Å². The lowest BCUT2D eigenvalue weighted by Gasteiger charge is -2.06. The molecular formula is C14H15N3O. The summed E-state index contributed by atoms with van der Waals surface area (Å²) in [7, 11) is 0. The number of carbonyl (C=O) groups excluding carboxylic acids is 1. The van der Waals surface area contributed by atoms with Gasteiger partial charge in [-0.05, 0) is 41.8 Å². The van der Waals surface area contributed by atoms with Crippen LogP contribution in [-0.4, -0.2) is 5.91 Å². The van der Waals surface area contributed by atoms with Gasteiger partial charge in [0.25, 0.3) is 5.91 Å². The zero-order chi connectivity index (χ0) is 13.1. The van der Waals surface area contributed by atoms with Crippen LogP contribution in [0, 0.1) is 0 Å². The SMILES string of the molecule is NC(=O)c1cc(Cc2ccc(N)cc2)ccc1N. The third-order valence-corrected chi connectivity index (χ3v) is 2.77. The van der Waals surface area contributed by atoms with E-state index in [1.54, 1.807) is 12.1 Å². The quantitative estimate of drug-likeness (QED) is 0.711. The van der Waals surface area contributed by atoms with Gasteiger partial charge in [0.2, 0.25) is 0 Å². The van der Waals surface area contributed by atoms with Gasteiger partial charge in [-0.1, -0.05) is 18.2 Å². The van der Waals surface area contributed by atoms with Crippen molar-refractivity contribution in [1.82, 2.24) is 0 Å². The first-order valence-electron chi connectivity index (χ1n) is 5.59. The molecule has 0 atom stereocenters. The van der Waals surface area contributed by atoms with Crippen LogP contribution in [0.3, 0.4) is 0 Å². The normalized spacial score (nSPS) is 10.2. The van der Waals surface area contributed by atoms with Gasteiger partial charge in [0.15, 0.2) is 0 Å². The Bertz CT molecular complexity index is 576. The van der Waals surface area contributed by atoms with E-state index < -0.39 is 5.91 Å². The van der Waals surface area contributed by atoms with Crippen LogP contribution in [0.15, 0.2) is 42.5 Å². The van der Waals surface area contributed by atoms with E-state index in [-0.39, 0.29) is 0 Å². The molecule has 0 aliphatic heterocycles. The maximum Gasteiger partial charge on any atom is 0.250 e. The number of primary amides is 1. The Kier molecular flexibility index (Phi) is 3.19. The second-order valence-electron chi connectivity index (χ2n) is 4.20. The lowest BCUT2D eigenvalue weighted by Crippen LogP contribution is -2.13. The van der Waals surface area contributed by atoms with Crippen LogP contribution in [0.4, 0.5) is 11.4 Å². The number of hydrogen-bond acceptors (Lipinski definition) is 3. The Hall–Kier alpha value is -2.49. The van der Waals surface area contributed by atoms with E-state index in [1.165, 1.54) is 0 Å². The molecule has 0 aliphatic carbocycles. The van der Waals surface area contributed by atoms with Gasteiger partial charge < -0.3 is 17.2 Å². The average Bonchev–Trinajstić information content (AvgIpc) is 2.34. The predicted molar refractivity (Wildman–Crippen MR) is 73.0 cm³/mol. The number of nitrogen functional groups attached to an aromatic ring is 2. The van der Waals surface area contributed by atoms with Crippen molar-refractivity contribution in [1.29, 1.82) is 0 Å². The minimum Gasteiger partial charge on any atom is -0.399 e. The van der Waals surface area contributed by atoms with Gasteiger partial charge in [0, 0.05) is 11.4 Å². The molecule has 0 saturated heterocycles. The molecule has 0 aliphatic rings. The third kappa shape index (κ3) is 2.60. The van der Waals surface area contributed by atoms with Crippen LogP contribution in [-0.2, 0) is 6.42 Å². The molecule has 6 N–H and O–H groups in total. The molecule has 0 saturated carbocycles. The van der Waals surface area contributed by atoms with Gasteiger partial charge in [-0.2, -0.15) is 0 Å². The molecule has 4 heteroatoms. The van der Waals surface area contributed by atoms with Crippen molar-refractivity contribution >= 4 is 17.3 Å². The average molecular weight is 241 g/mol. The summed E-state index contributed by atoms with van der Waals surface area (Å²) in [5, 5.41) is 0. The van der Waals surface area contributed by atoms with Crippen molar-refractivity contribution in [2.24, 2.45) is 5.73 Å². The number of rotatable bonds is 3. The lowest BCUT2D eigenvalue weighted by atomic mass is 10.0. The smallest absolute Gasteiger partial charge is 0.250 e. The zero-order valence-corrected chi connectivity index (χ0v) is 9.89. The summed E-state index contributed by atoms with van der Waals surface area (Å²) >= 11 is 0. The molecule has 2 aromatic carbocycles. The molecule has 2 rings (SSSR count). The third-order valence-electron chi connectivity index (χ3n) is 2.77. The van der Waals surface area contributed by atoms with Gasteiger partial charge in [0.05, 0.1) is 5.56 Å². The second kappa shape index (κ2) is 4.79. The Balaban J connectivity index is 2.27. The van der Waals surface area contributed by atoms with Crippen molar-refractivity contribution in [3.05, 3.63) is 59.2 Å². The van der Waals surface area contributed by atoms with Gasteiger partial charge in [-0.25, -0.2) is 0 Å². The van der Waals surface area contributed by atoms with E-state index >= 15 is 0 Å². The van der Waals surface area contributed by atoms with E-state index in [1.807, 2.05) is 30.3 Å². The molecule has 2 aromatic rings. The summed E-state index contributed by atoms with van der Waals surface area (Å²) in [5.74, 6) is -0.508. The Morgan fingerprint density at radius 3 is 2.17 bits per heavy atom. The summed E-state index contributed by atoms with van der Waals surface area (Å²) in [5.41, 5.74) is 20.2. The highest BCUT2D eigenvalue weighted by Gasteiger charge is 2.07. The highest BCUT2D eigenvalue weighted by molar-refractivity contribution is 5.98. The number of nitrogens with two attached hydrogens (primary N) is 3. The molecule has 92 valence electrons. The fourth-order valence-electron chi connectivity index (χ4n) is 1.80. The molecule has 18 heavy (non-hydrogen) atoms. The molecule has 0 radical (unpaired) electrons. The zero-order valence-electron chi connectivity index (χ0n) is 9.89. The fraction of sp³-hybridized carbons (Fsp3) is 0.0714. The molecule has 0 bridgehead atoms. The first-order chi connectivity index (χ1) is 8.56. The van der Waals surface area contributed by atoms with Gasteiger partial charge in [-0.15, -0.1) is 0 Å². The minimum atomic E-state index is -0.508. The summed E-state index contributed by atoms with van der Waals surface area (Å²) < 4.78 is 0. The lowest BCUT2D eigenvalue weighted by molar-refractivity contribution is 0.100. The number of anilines is 2. The van der Waals surface area contributed by atoms with Crippen molar-refractivity contribution in [2.45, 2.75) is 6.42 Å². The van der Waals surface area contributed by atoms with Crippen LogP contribution >= 0.6 is 0 Å². The standard InChI is InChI=1S/C14H15N3O/c15-11-4-1-9(2-5-11)7-10-3-6-13(16)12(8-10)14(17)18/h1-6,8H,7,15-16H2,(H2,17,18). The van der Waals surface area contributed by atoms with Gasteiger partial charge in [0.1, 0.15) is 0 Å². The molecule has 0 unspecified atom stereocenters. The Morgan fingerprint density at radius 1 is 0.944 bits per heavy atom. The summed E-state index contributed by atoms with van der Waals surface area (Å²) in [4.78, 5) is 11.2. The first-order valence-corrected chi connectivity index (χ1v) is 5.59. The topological polar surface area (TPSA) is 95.1 Å². The van der Waals surface area contributed by atoms with E-state index in [2.05, 4.69) is 0 Å². The second-order valence-corrected chi connectivity index (χ2v) is 4.20. The van der Waals surface area contributed by atoms with E-state index in [4.69, 9.17) is 17.2 Å². The van der Waals surface area contributed by atoms with E-state index in [0.717, 1.165) is 16.8 Å². The maximum atomic E-state index is 11.2. The van der Waals surface area contributed by atoms with Crippen molar-refractivity contribution < 1.29 is 4.79 Å². The first kappa shape index (κ1) is 12.0.